The molecule has 1 fully saturated rings. The van der Waals surface area contributed by atoms with E-state index in [0.29, 0.717) is 32.5 Å². The van der Waals surface area contributed by atoms with Gasteiger partial charge in [-0.1, -0.05) is 30.3 Å². The minimum absolute atomic E-state index is 0.0106. The Labute approximate surface area is 120 Å². The van der Waals surface area contributed by atoms with E-state index in [4.69, 9.17) is 4.74 Å². The predicted octanol–water partition coefficient (Wildman–Crippen LogP) is 1.97. The first-order valence-electron chi connectivity index (χ1n) is 7.15. The smallest absolute Gasteiger partial charge is 0.251 e. The normalized spacial score (nSPS) is 19.6. The van der Waals surface area contributed by atoms with Crippen molar-refractivity contribution in [1.82, 2.24) is 4.90 Å². The van der Waals surface area contributed by atoms with E-state index in [0.717, 1.165) is 5.56 Å². The molecule has 1 saturated heterocycles. The maximum Gasteiger partial charge on any atom is 0.251 e. The van der Waals surface area contributed by atoms with E-state index in [9.17, 15) is 9.90 Å². The quantitative estimate of drug-likeness (QED) is 0.915. The highest BCUT2D eigenvalue weighted by atomic mass is 16.5. The van der Waals surface area contributed by atoms with Gasteiger partial charge in [0.1, 0.15) is 6.10 Å². The summed E-state index contributed by atoms with van der Waals surface area (Å²) in [7, 11) is 0. The van der Waals surface area contributed by atoms with Gasteiger partial charge in [-0.25, -0.2) is 0 Å². The van der Waals surface area contributed by atoms with Crippen LogP contribution in [0.2, 0.25) is 0 Å². The number of ether oxygens (including phenoxy) is 1. The summed E-state index contributed by atoms with van der Waals surface area (Å²) >= 11 is 0. The lowest BCUT2D eigenvalue weighted by Gasteiger charge is -2.36. The lowest BCUT2D eigenvalue weighted by molar-refractivity contribution is -0.147. The Hall–Kier alpha value is -1.39. The molecule has 1 aromatic carbocycles. The first-order valence-corrected chi connectivity index (χ1v) is 7.15. The lowest BCUT2D eigenvalue weighted by Crippen LogP contribution is -2.48. The third-order valence-corrected chi connectivity index (χ3v) is 3.84. The molecule has 1 aromatic rings. The molecule has 0 radical (unpaired) electrons. The third kappa shape index (κ3) is 4.05. The number of hydrogen-bond donors (Lipinski definition) is 1. The van der Waals surface area contributed by atoms with Crippen molar-refractivity contribution in [3.63, 3.8) is 0 Å². The molecule has 0 aromatic heterocycles. The molecule has 0 bridgehead atoms. The van der Waals surface area contributed by atoms with E-state index in [1.165, 1.54) is 0 Å². The van der Waals surface area contributed by atoms with Crippen molar-refractivity contribution in [1.29, 1.82) is 0 Å². The van der Waals surface area contributed by atoms with E-state index in [2.05, 4.69) is 0 Å². The van der Waals surface area contributed by atoms with Gasteiger partial charge in [0.2, 0.25) is 0 Å². The van der Waals surface area contributed by atoms with Gasteiger partial charge >= 0.3 is 0 Å². The first-order chi connectivity index (χ1) is 9.48. The highest BCUT2D eigenvalue weighted by Crippen LogP contribution is 2.21. The van der Waals surface area contributed by atoms with Crippen LogP contribution in [0.3, 0.4) is 0 Å². The summed E-state index contributed by atoms with van der Waals surface area (Å²) in [5.41, 5.74) is 0.430. The maximum atomic E-state index is 12.2. The van der Waals surface area contributed by atoms with Crippen LogP contribution in [0, 0.1) is 0 Å². The fraction of sp³-hybridized carbons (Fsp3) is 0.562. The highest BCUT2D eigenvalue weighted by molar-refractivity contribution is 5.80. The van der Waals surface area contributed by atoms with E-state index >= 15 is 0 Å². The zero-order valence-electron chi connectivity index (χ0n) is 12.2. The molecule has 1 aliphatic heterocycles. The zero-order chi connectivity index (χ0) is 14.6. The van der Waals surface area contributed by atoms with Crippen LogP contribution in [0.5, 0.6) is 0 Å². The lowest BCUT2D eigenvalue weighted by atomic mass is 9.93. The van der Waals surface area contributed by atoms with Gasteiger partial charge in [-0.15, -0.1) is 0 Å². The average Bonchev–Trinajstić information content (AvgIpc) is 2.45. The van der Waals surface area contributed by atoms with E-state index < -0.39 is 11.7 Å². The molecule has 2 rings (SSSR count). The highest BCUT2D eigenvalue weighted by Gasteiger charge is 2.31. The van der Waals surface area contributed by atoms with Gasteiger partial charge in [-0.2, -0.15) is 0 Å². The molecule has 1 heterocycles. The summed E-state index contributed by atoms with van der Waals surface area (Å²) in [4.78, 5) is 14.0. The summed E-state index contributed by atoms with van der Waals surface area (Å²) in [6, 6.07) is 9.83. The SMILES string of the molecule is CC(OCc1ccccc1)C(=O)N1CCC(C)(O)CC1. The second-order valence-electron chi connectivity index (χ2n) is 5.76. The molecule has 4 nitrogen and oxygen atoms in total. The predicted molar refractivity (Wildman–Crippen MR) is 77.1 cm³/mol. The molecule has 1 atom stereocenters. The molecule has 1 aliphatic rings. The van der Waals surface area contributed by atoms with Crippen molar-refractivity contribution in [2.75, 3.05) is 13.1 Å². The molecular weight excluding hydrogens is 254 g/mol. The van der Waals surface area contributed by atoms with Crippen LogP contribution in [0.25, 0.3) is 0 Å². The van der Waals surface area contributed by atoms with Crippen LogP contribution in [-0.4, -0.2) is 40.7 Å². The van der Waals surface area contributed by atoms with Crippen molar-refractivity contribution in [2.24, 2.45) is 0 Å². The number of benzene rings is 1. The molecular formula is C16H23NO3. The fourth-order valence-corrected chi connectivity index (χ4v) is 2.33. The number of carbonyl (C=O) groups excluding carboxylic acids is 1. The topological polar surface area (TPSA) is 49.8 Å². The minimum atomic E-state index is -0.634. The van der Waals surface area contributed by atoms with Crippen molar-refractivity contribution in [3.8, 4) is 0 Å². The molecule has 0 aliphatic carbocycles. The number of rotatable bonds is 4. The van der Waals surface area contributed by atoms with Crippen LogP contribution in [0.4, 0.5) is 0 Å². The molecule has 20 heavy (non-hydrogen) atoms. The Morgan fingerprint density at radius 2 is 1.95 bits per heavy atom. The average molecular weight is 277 g/mol. The monoisotopic (exact) mass is 277 g/mol. The Morgan fingerprint density at radius 3 is 2.55 bits per heavy atom. The second-order valence-corrected chi connectivity index (χ2v) is 5.76. The number of piperidine rings is 1. The molecule has 110 valence electrons. The van der Waals surface area contributed by atoms with Gasteiger partial charge in [0, 0.05) is 13.1 Å². The zero-order valence-corrected chi connectivity index (χ0v) is 12.2. The number of amides is 1. The van der Waals surface area contributed by atoms with Gasteiger partial charge in [-0.05, 0) is 32.3 Å². The summed E-state index contributed by atoms with van der Waals surface area (Å²) in [6.07, 6.45) is 0.812. The Morgan fingerprint density at radius 1 is 1.35 bits per heavy atom. The van der Waals surface area contributed by atoms with Crippen molar-refractivity contribution in [2.45, 2.75) is 45.0 Å². The number of aliphatic hydroxyl groups is 1. The molecule has 1 unspecified atom stereocenters. The molecule has 0 spiro atoms. The van der Waals surface area contributed by atoms with Crippen LogP contribution in [0.15, 0.2) is 30.3 Å². The molecule has 0 saturated carbocycles. The Kier molecular flexibility index (Phi) is 4.78. The number of likely N-dealkylation sites (tertiary alicyclic amines) is 1. The number of nitrogens with zero attached hydrogens (tertiary/aromatic N) is 1. The number of hydrogen-bond acceptors (Lipinski definition) is 3. The van der Waals surface area contributed by atoms with Crippen LogP contribution < -0.4 is 0 Å². The van der Waals surface area contributed by atoms with Gasteiger partial charge in [-0.3, -0.25) is 4.79 Å². The van der Waals surface area contributed by atoms with Crippen LogP contribution >= 0.6 is 0 Å². The summed E-state index contributed by atoms with van der Waals surface area (Å²) < 4.78 is 5.64. The summed E-state index contributed by atoms with van der Waals surface area (Å²) in [5.74, 6) is 0.0106. The van der Waals surface area contributed by atoms with Crippen LogP contribution in [-0.2, 0) is 16.1 Å². The third-order valence-electron chi connectivity index (χ3n) is 3.84. The van der Waals surface area contributed by atoms with Crippen molar-refractivity contribution >= 4 is 5.91 Å². The fourth-order valence-electron chi connectivity index (χ4n) is 2.33. The second kappa shape index (κ2) is 6.37. The van der Waals surface area contributed by atoms with E-state index in [1.54, 1.807) is 11.8 Å². The summed E-state index contributed by atoms with van der Waals surface area (Å²) in [6.45, 7) is 5.26. The minimum Gasteiger partial charge on any atom is -0.390 e. The standard InChI is InChI=1S/C16H23NO3/c1-13(20-12-14-6-4-3-5-7-14)15(18)17-10-8-16(2,19)9-11-17/h3-7,13,19H,8-12H2,1-2H3. The Bertz CT molecular complexity index is 434. The number of carbonyl (C=O) groups is 1. The van der Waals surface area contributed by atoms with E-state index in [1.807, 2.05) is 37.3 Å². The first kappa shape index (κ1) is 15.0. The summed E-state index contributed by atoms with van der Waals surface area (Å²) in [5, 5.41) is 9.90. The van der Waals surface area contributed by atoms with Gasteiger partial charge < -0.3 is 14.7 Å². The largest absolute Gasteiger partial charge is 0.390 e. The van der Waals surface area contributed by atoms with Crippen LogP contribution in [0.1, 0.15) is 32.3 Å². The van der Waals surface area contributed by atoms with Gasteiger partial charge in [0.25, 0.3) is 5.91 Å². The molecule has 4 heteroatoms. The Balaban J connectivity index is 1.80. The van der Waals surface area contributed by atoms with Gasteiger partial charge in [0.05, 0.1) is 12.2 Å². The van der Waals surface area contributed by atoms with Gasteiger partial charge in [0.15, 0.2) is 0 Å². The van der Waals surface area contributed by atoms with Crippen molar-refractivity contribution < 1.29 is 14.6 Å². The maximum absolute atomic E-state index is 12.2. The molecule has 1 N–H and O–H groups in total. The van der Waals surface area contributed by atoms with Crippen molar-refractivity contribution in [3.05, 3.63) is 35.9 Å². The van der Waals surface area contributed by atoms with E-state index in [-0.39, 0.29) is 5.91 Å². The molecule has 1 amide bonds.